The number of morpholine rings is 1. The first-order valence-electron chi connectivity index (χ1n) is 10.7. The fourth-order valence-corrected chi connectivity index (χ4v) is 3.60. The van der Waals surface area contributed by atoms with Crippen LogP contribution in [0.5, 0.6) is 5.88 Å². The van der Waals surface area contributed by atoms with E-state index in [0.29, 0.717) is 38.0 Å². The van der Waals surface area contributed by atoms with Crippen molar-refractivity contribution in [1.29, 1.82) is 0 Å². The van der Waals surface area contributed by atoms with Crippen molar-refractivity contribution in [3.05, 3.63) is 60.2 Å². The van der Waals surface area contributed by atoms with E-state index >= 15 is 0 Å². The van der Waals surface area contributed by atoms with Crippen LogP contribution in [-0.2, 0) is 16.0 Å². The third-order valence-electron chi connectivity index (χ3n) is 5.29. The van der Waals surface area contributed by atoms with Gasteiger partial charge in [0.05, 0.1) is 24.2 Å². The smallest absolute Gasteiger partial charge is 0.258 e. The van der Waals surface area contributed by atoms with Crippen LogP contribution in [-0.4, -0.2) is 54.8 Å². The SMILES string of the molecule is C[C@H](CCc1ccccc1)NC(=O)COc1nc2ccccc2nc1N1CCOCC1. The quantitative estimate of drug-likeness (QED) is 0.604. The summed E-state index contributed by atoms with van der Waals surface area (Å²) in [7, 11) is 0. The predicted octanol–water partition coefficient (Wildman–Crippen LogP) is 2.98. The van der Waals surface area contributed by atoms with E-state index in [0.717, 1.165) is 23.9 Å². The number of nitrogens with zero attached hydrogens (tertiary/aromatic N) is 3. The highest BCUT2D eigenvalue weighted by molar-refractivity contribution is 5.79. The van der Waals surface area contributed by atoms with Crippen molar-refractivity contribution < 1.29 is 14.3 Å². The van der Waals surface area contributed by atoms with Gasteiger partial charge in [0.15, 0.2) is 12.4 Å². The standard InChI is InChI=1S/C24H28N4O3/c1-18(11-12-19-7-3-2-4-8-19)25-22(29)17-31-24-23(28-13-15-30-16-14-28)26-20-9-5-6-10-21(20)27-24/h2-10,18H,11-17H2,1H3,(H,25,29)/t18-/m1/s1. The summed E-state index contributed by atoms with van der Waals surface area (Å²) in [6.07, 6.45) is 1.78. The Morgan fingerprint density at radius 2 is 1.74 bits per heavy atom. The molecular formula is C24H28N4O3. The Morgan fingerprint density at radius 3 is 2.48 bits per heavy atom. The van der Waals surface area contributed by atoms with E-state index in [1.54, 1.807) is 0 Å². The molecule has 1 aliphatic rings. The van der Waals surface area contributed by atoms with Gasteiger partial charge < -0.3 is 19.7 Å². The van der Waals surface area contributed by atoms with E-state index in [2.05, 4.69) is 27.3 Å². The molecular weight excluding hydrogens is 392 g/mol. The van der Waals surface area contributed by atoms with Gasteiger partial charge in [0.1, 0.15) is 0 Å². The summed E-state index contributed by atoms with van der Waals surface area (Å²) in [6.45, 7) is 4.61. The molecule has 0 saturated carbocycles. The average Bonchev–Trinajstić information content (AvgIpc) is 2.82. The Balaban J connectivity index is 1.38. The molecule has 0 radical (unpaired) electrons. The van der Waals surface area contributed by atoms with Gasteiger partial charge in [0, 0.05) is 19.1 Å². The van der Waals surface area contributed by atoms with E-state index in [4.69, 9.17) is 14.5 Å². The van der Waals surface area contributed by atoms with Crippen molar-refractivity contribution in [2.75, 3.05) is 37.8 Å². The number of carbonyl (C=O) groups is 1. The number of fused-ring (bicyclic) bond motifs is 1. The molecule has 1 aromatic heterocycles. The molecule has 2 heterocycles. The second-order valence-corrected chi connectivity index (χ2v) is 7.72. The van der Waals surface area contributed by atoms with Gasteiger partial charge in [-0.1, -0.05) is 42.5 Å². The average molecular weight is 421 g/mol. The number of rotatable bonds is 8. The minimum Gasteiger partial charge on any atom is -0.465 e. The second kappa shape index (κ2) is 10.2. The van der Waals surface area contributed by atoms with Gasteiger partial charge >= 0.3 is 0 Å². The largest absolute Gasteiger partial charge is 0.465 e. The van der Waals surface area contributed by atoms with Gasteiger partial charge in [-0.3, -0.25) is 4.79 Å². The minimum absolute atomic E-state index is 0.0534. The highest BCUT2D eigenvalue weighted by Crippen LogP contribution is 2.27. The molecule has 0 unspecified atom stereocenters. The molecule has 7 nitrogen and oxygen atoms in total. The highest BCUT2D eigenvalue weighted by Gasteiger charge is 2.20. The Kier molecular flexibility index (Phi) is 6.94. The first-order chi connectivity index (χ1) is 15.2. The van der Waals surface area contributed by atoms with Gasteiger partial charge in [-0.25, -0.2) is 9.97 Å². The molecule has 1 aliphatic heterocycles. The third kappa shape index (κ3) is 5.70. The lowest BCUT2D eigenvalue weighted by molar-refractivity contribution is -0.123. The molecule has 1 amide bonds. The molecule has 31 heavy (non-hydrogen) atoms. The Hall–Kier alpha value is -3.19. The first-order valence-corrected chi connectivity index (χ1v) is 10.7. The molecule has 162 valence electrons. The maximum absolute atomic E-state index is 12.5. The van der Waals surface area contributed by atoms with Crippen molar-refractivity contribution in [1.82, 2.24) is 15.3 Å². The van der Waals surface area contributed by atoms with Crippen LogP contribution in [0.1, 0.15) is 18.9 Å². The number of benzene rings is 2. The number of para-hydroxylation sites is 2. The lowest BCUT2D eigenvalue weighted by Crippen LogP contribution is -2.38. The number of amides is 1. The molecule has 0 bridgehead atoms. The zero-order valence-corrected chi connectivity index (χ0v) is 17.8. The van der Waals surface area contributed by atoms with E-state index in [1.807, 2.05) is 49.4 Å². The van der Waals surface area contributed by atoms with Gasteiger partial charge in [-0.15, -0.1) is 0 Å². The van der Waals surface area contributed by atoms with Crippen LogP contribution in [0.15, 0.2) is 54.6 Å². The summed E-state index contributed by atoms with van der Waals surface area (Å²) in [5.41, 5.74) is 2.81. The number of anilines is 1. The molecule has 0 spiro atoms. The number of ether oxygens (including phenoxy) is 2. The minimum atomic E-state index is -0.163. The Morgan fingerprint density at radius 1 is 1.06 bits per heavy atom. The number of nitrogens with one attached hydrogen (secondary N) is 1. The molecule has 1 N–H and O–H groups in total. The lowest BCUT2D eigenvalue weighted by Gasteiger charge is -2.28. The number of aryl methyl sites for hydroxylation is 1. The molecule has 4 rings (SSSR count). The maximum atomic E-state index is 12.5. The third-order valence-corrected chi connectivity index (χ3v) is 5.29. The zero-order chi connectivity index (χ0) is 21.5. The van der Waals surface area contributed by atoms with Crippen LogP contribution in [0.25, 0.3) is 11.0 Å². The van der Waals surface area contributed by atoms with Crippen LogP contribution in [0.3, 0.4) is 0 Å². The summed E-state index contributed by atoms with van der Waals surface area (Å²) in [4.78, 5) is 23.9. The predicted molar refractivity (Wildman–Crippen MR) is 120 cm³/mol. The van der Waals surface area contributed by atoms with Gasteiger partial charge in [0.25, 0.3) is 11.8 Å². The second-order valence-electron chi connectivity index (χ2n) is 7.72. The molecule has 1 fully saturated rings. The van der Waals surface area contributed by atoms with Crippen LogP contribution in [0.4, 0.5) is 5.82 Å². The summed E-state index contributed by atoms with van der Waals surface area (Å²) >= 11 is 0. The van der Waals surface area contributed by atoms with Crippen molar-refractivity contribution in [2.45, 2.75) is 25.8 Å². The summed E-state index contributed by atoms with van der Waals surface area (Å²) in [5, 5.41) is 3.01. The number of aromatic nitrogens is 2. The first kappa shape index (κ1) is 21.1. The van der Waals surface area contributed by atoms with Crippen LogP contribution in [0.2, 0.25) is 0 Å². The molecule has 1 atom stereocenters. The number of carbonyl (C=O) groups excluding carboxylic acids is 1. The van der Waals surface area contributed by atoms with E-state index in [9.17, 15) is 4.79 Å². The summed E-state index contributed by atoms with van der Waals surface area (Å²) in [5.74, 6) is 0.878. The highest BCUT2D eigenvalue weighted by atomic mass is 16.5. The topological polar surface area (TPSA) is 76.6 Å². The lowest BCUT2D eigenvalue weighted by atomic mass is 10.1. The van der Waals surface area contributed by atoms with Crippen LogP contribution >= 0.6 is 0 Å². The van der Waals surface area contributed by atoms with Crippen molar-refractivity contribution >= 4 is 22.8 Å². The molecule has 2 aromatic carbocycles. The van der Waals surface area contributed by atoms with E-state index in [1.165, 1.54) is 5.56 Å². The number of hydrogen-bond donors (Lipinski definition) is 1. The van der Waals surface area contributed by atoms with Crippen molar-refractivity contribution in [3.8, 4) is 5.88 Å². The summed E-state index contributed by atoms with van der Waals surface area (Å²) < 4.78 is 11.3. The molecule has 3 aromatic rings. The normalized spacial score (nSPS) is 14.9. The van der Waals surface area contributed by atoms with Crippen LogP contribution < -0.4 is 15.0 Å². The van der Waals surface area contributed by atoms with Gasteiger partial charge in [-0.2, -0.15) is 0 Å². The van der Waals surface area contributed by atoms with E-state index in [-0.39, 0.29) is 18.6 Å². The molecule has 0 aliphatic carbocycles. The number of hydrogen-bond acceptors (Lipinski definition) is 6. The van der Waals surface area contributed by atoms with Crippen molar-refractivity contribution in [3.63, 3.8) is 0 Å². The van der Waals surface area contributed by atoms with E-state index < -0.39 is 0 Å². The molecule has 7 heteroatoms. The molecule has 1 saturated heterocycles. The van der Waals surface area contributed by atoms with Gasteiger partial charge in [0.2, 0.25) is 0 Å². The van der Waals surface area contributed by atoms with Crippen molar-refractivity contribution in [2.24, 2.45) is 0 Å². The summed E-state index contributed by atoms with van der Waals surface area (Å²) in [6, 6.07) is 18.0. The fraction of sp³-hybridized carbons (Fsp3) is 0.375. The maximum Gasteiger partial charge on any atom is 0.258 e. The monoisotopic (exact) mass is 420 g/mol. The Bertz CT molecular complexity index is 1010. The zero-order valence-electron chi connectivity index (χ0n) is 17.8. The van der Waals surface area contributed by atoms with Gasteiger partial charge in [-0.05, 0) is 37.5 Å². The fourth-order valence-electron chi connectivity index (χ4n) is 3.60. The Labute approximate surface area is 182 Å². The van der Waals surface area contributed by atoms with Crippen LogP contribution in [0, 0.1) is 0 Å².